The highest BCUT2D eigenvalue weighted by Gasteiger charge is 2.07. The summed E-state index contributed by atoms with van der Waals surface area (Å²) in [7, 11) is 1.89. The van der Waals surface area contributed by atoms with Crippen LogP contribution in [0.1, 0.15) is 71.5 Å². The first-order valence-electron chi connectivity index (χ1n) is 8.33. The van der Waals surface area contributed by atoms with Gasteiger partial charge in [0.25, 0.3) is 0 Å². The number of nitrogens with zero attached hydrogens (tertiary/aromatic N) is 2. The number of rotatable bonds is 10. The van der Waals surface area contributed by atoms with Crippen LogP contribution in [0.2, 0.25) is 0 Å². The Morgan fingerprint density at radius 1 is 0.952 bits per heavy atom. The highest BCUT2D eigenvalue weighted by atomic mass is 15.1. The van der Waals surface area contributed by atoms with Crippen LogP contribution in [0.3, 0.4) is 0 Å². The second-order valence-corrected chi connectivity index (χ2v) is 6.42. The molecule has 0 amide bonds. The van der Waals surface area contributed by atoms with Crippen LogP contribution in [-0.4, -0.2) is 23.6 Å². The van der Waals surface area contributed by atoms with Crippen LogP contribution in [0, 0.1) is 5.92 Å². The maximum Gasteiger partial charge on any atom is 0.135 e. The van der Waals surface area contributed by atoms with Crippen molar-refractivity contribution in [2.45, 2.75) is 65.7 Å². The van der Waals surface area contributed by atoms with E-state index >= 15 is 0 Å². The van der Waals surface area contributed by atoms with Gasteiger partial charge in [-0.25, -0.2) is 9.97 Å². The number of hydrogen-bond acceptors (Lipinski definition) is 4. The van der Waals surface area contributed by atoms with Gasteiger partial charge < -0.3 is 10.6 Å². The molecule has 21 heavy (non-hydrogen) atoms. The lowest BCUT2D eigenvalue weighted by Gasteiger charge is -2.11. The molecule has 0 aliphatic rings. The minimum atomic E-state index is 0.342. The second-order valence-electron chi connectivity index (χ2n) is 6.42. The van der Waals surface area contributed by atoms with Gasteiger partial charge in [0, 0.05) is 25.6 Å². The molecule has 1 aromatic heterocycles. The summed E-state index contributed by atoms with van der Waals surface area (Å²) in [5, 5.41) is 6.52. The van der Waals surface area contributed by atoms with Crippen molar-refractivity contribution in [1.82, 2.24) is 9.97 Å². The maximum absolute atomic E-state index is 4.58. The predicted octanol–water partition coefficient (Wildman–Crippen LogP) is 4.66. The Kier molecular flexibility index (Phi) is 8.09. The van der Waals surface area contributed by atoms with Gasteiger partial charge in [0.05, 0.1) is 0 Å². The molecular formula is C17H32N4. The summed E-state index contributed by atoms with van der Waals surface area (Å²) in [5.74, 6) is 3.88. The van der Waals surface area contributed by atoms with E-state index in [2.05, 4.69) is 48.3 Å². The zero-order valence-corrected chi connectivity index (χ0v) is 14.4. The Labute approximate surface area is 130 Å². The van der Waals surface area contributed by atoms with E-state index in [1.54, 1.807) is 0 Å². The molecule has 0 spiro atoms. The van der Waals surface area contributed by atoms with Gasteiger partial charge >= 0.3 is 0 Å². The van der Waals surface area contributed by atoms with E-state index in [0.717, 1.165) is 29.9 Å². The molecule has 4 nitrogen and oxygen atoms in total. The van der Waals surface area contributed by atoms with Gasteiger partial charge in [-0.1, -0.05) is 53.4 Å². The summed E-state index contributed by atoms with van der Waals surface area (Å²) in [4.78, 5) is 9.05. The van der Waals surface area contributed by atoms with Gasteiger partial charge in [-0.2, -0.15) is 0 Å². The third kappa shape index (κ3) is 7.30. The van der Waals surface area contributed by atoms with Gasteiger partial charge in [0.15, 0.2) is 0 Å². The highest BCUT2D eigenvalue weighted by Crippen LogP contribution is 2.17. The van der Waals surface area contributed by atoms with E-state index in [4.69, 9.17) is 0 Å². The molecule has 1 heterocycles. The molecule has 1 aromatic rings. The van der Waals surface area contributed by atoms with Crippen molar-refractivity contribution in [1.29, 1.82) is 0 Å². The summed E-state index contributed by atoms with van der Waals surface area (Å²) < 4.78 is 0. The number of nitrogens with one attached hydrogen (secondary N) is 2. The molecule has 0 radical (unpaired) electrons. The second kappa shape index (κ2) is 9.59. The zero-order valence-electron chi connectivity index (χ0n) is 14.4. The minimum absolute atomic E-state index is 0.342. The molecule has 0 aliphatic carbocycles. The fraction of sp³-hybridized carbons (Fsp3) is 0.765. The lowest BCUT2D eigenvalue weighted by molar-refractivity contribution is 0.523. The maximum atomic E-state index is 4.58. The Morgan fingerprint density at radius 3 is 2.24 bits per heavy atom. The summed E-state index contributed by atoms with van der Waals surface area (Å²) in [5.41, 5.74) is 0. The smallest absolute Gasteiger partial charge is 0.135 e. The van der Waals surface area contributed by atoms with E-state index < -0.39 is 0 Å². The Morgan fingerprint density at radius 2 is 1.62 bits per heavy atom. The lowest BCUT2D eigenvalue weighted by atomic mass is 10.0. The van der Waals surface area contributed by atoms with Crippen LogP contribution in [0.5, 0.6) is 0 Å². The van der Waals surface area contributed by atoms with E-state index in [1.165, 1.54) is 32.1 Å². The molecule has 0 saturated carbocycles. The molecule has 0 aliphatic heterocycles. The molecule has 0 unspecified atom stereocenters. The van der Waals surface area contributed by atoms with E-state index in [-0.39, 0.29) is 0 Å². The van der Waals surface area contributed by atoms with Crippen molar-refractivity contribution >= 4 is 11.6 Å². The van der Waals surface area contributed by atoms with Gasteiger partial charge in [0.2, 0.25) is 0 Å². The Bertz CT molecular complexity index is 402. The molecule has 0 bridgehead atoms. The molecule has 0 saturated heterocycles. The van der Waals surface area contributed by atoms with Gasteiger partial charge in [0.1, 0.15) is 17.5 Å². The number of hydrogen-bond donors (Lipinski definition) is 2. The average Bonchev–Trinajstić information content (AvgIpc) is 2.45. The first-order chi connectivity index (χ1) is 10.0. The highest BCUT2D eigenvalue weighted by molar-refractivity contribution is 5.47. The molecule has 0 fully saturated rings. The molecule has 4 heteroatoms. The molecule has 2 N–H and O–H groups in total. The van der Waals surface area contributed by atoms with Crippen molar-refractivity contribution in [2.24, 2.45) is 5.92 Å². The quantitative estimate of drug-likeness (QED) is 0.616. The molecule has 120 valence electrons. The van der Waals surface area contributed by atoms with Gasteiger partial charge in [-0.15, -0.1) is 0 Å². The van der Waals surface area contributed by atoms with Crippen molar-refractivity contribution in [3.63, 3.8) is 0 Å². The standard InChI is InChI=1S/C17H32N4/c1-13(2)10-8-6-7-9-11-19-16-12-15(18-5)20-17(21-16)14(3)4/h12-14H,6-11H2,1-5H3,(H2,18,19,20,21). The van der Waals surface area contributed by atoms with Crippen LogP contribution in [0.25, 0.3) is 0 Å². The minimum Gasteiger partial charge on any atom is -0.373 e. The van der Waals surface area contributed by atoms with Crippen LogP contribution < -0.4 is 10.6 Å². The number of aromatic nitrogens is 2. The first kappa shape index (κ1) is 17.7. The summed E-state index contributed by atoms with van der Waals surface area (Å²) >= 11 is 0. The van der Waals surface area contributed by atoms with Crippen molar-refractivity contribution in [2.75, 3.05) is 24.2 Å². The molecule has 0 atom stereocenters. The fourth-order valence-corrected chi connectivity index (χ4v) is 2.19. The van der Waals surface area contributed by atoms with Crippen molar-refractivity contribution < 1.29 is 0 Å². The third-order valence-corrected chi connectivity index (χ3v) is 3.53. The Hall–Kier alpha value is -1.32. The van der Waals surface area contributed by atoms with Crippen LogP contribution in [0.15, 0.2) is 6.07 Å². The van der Waals surface area contributed by atoms with Gasteiger partial charge in [-0.3, -0.25) is 0 Å². The third-order valence-electron chi connectivity index (χ3n) is 3.53. The first-order valence-corrected chi connectivity index (χ1v) is 8.33. The van der Waals surface area contributed by atoms with E-state index in [0.29, 0.717) is 5.92 Å². The summed E-state index contributed by atoms with van der Waals surface area (Å²) in [6.07, 6.45) is 6.53. The SMILES string of the molecule is CNc1cc(NCCCCCCC(C)C)nc(C(C)C)n1. The lowest BCUT2D eigenvalue weighted by Crippen LogP contribution is -2.08. The van der Waals surface area contributed by atoms with Crippen molar-refractivity contribution in [3.05, 3.63) is 11.9 Å². The predicted molar refractivity (Wildman–Crippen MR) is 92.1 cm³/mol. The fourth-order valence-electron chi connectivity index (χ4n) is 2.19. The molecule has 0 aromatic carbocycles. The largest absolute Gasteiger partial charge is 0.373 e. The van der Waals surface area contributed by atoms with Crippen LogP contribution in [-0.2, 0) is 0 Å². The van der Waals surface area contributed by atoms with Crippen LogP contribution in [0.4, 0.5) is 11.6 Å². The Balaban J connectivity index is 2.33. The number of unbranched alkanes of at least 4 members (excludes halogenated alkanes) is 3. The topological polar surface area (TPSA) is 49.8 Å². The number of anilines is 2. The monoisotopic (exact) mass is 292 g/mol. The van der Waals surface area contributed by atoms with E-state index in [9.17, 15) is 0 Å². The molecule has 1 rings (SSSR count). The van der Waals surface area contributed by atoms with Crippen molar-refractivity contribution in [3.8, 4) is 0 Å². The van der Waals surface area contributed by atoms with Crippen LogP contribution >= 0.6 is 0 Å². The zero-order chi connectivity index (χ0) is 15.7. The van der Waals surface area contributed by atoms with Gasteiger partial charge in [-0.05, 0) is 12.3 Å². The normalized spacial score (nSPS) is 11.2. The molecular weight excluding hydrogens is 260 g/mol. The van der Waals surface area contributed by atoms with E-state index in [1.807, 2.05) is 13.1 Å². The summed E-state index contributed by atoms with van der Waals surface area (Å²) in [6.45, 7) is 9.81. The average molecular weight is 292 g/mol. The summed E-state index contributed by atoms with van der Waals surface area (Å²) in [6, 6.07) is 1.98.